The van der Waals surface area contributed by atoms with Gasteiger partial charge in [0, 0.05) is 48.1 Å². The average Bonchev–Trinajstić information content (AvgIpc) is 3.18. The molecule has 0 bridgehead atoms. The Morgan fingerprint density at radius 2 is 1.97 bits per heavy atom. The Kier molecular flexibility index (Phi) is 5.29. The zero-order valence-electron chi connectivity index (χ0n) is 15.8. The fourth-order valence-corrected chi connectivity index (χ4v) is 3.34. The minimum absolute atomic E-state index is 0.0398. The maximum Gasteiger partial charge on any atom is 0.303 e. The first kappa shape index (κ1) is 18.7. The molecule has 0 radical (unpaired) electrons. The van der Waals surface area contributed by atoms with Gasteiger partial charge in [-0.25, -0.2) is 0 Å². The molecular formula is C22H21N3O4. The van der Waals surface area contributed by atoms with Gasteiger partial charge in [-0.05, 0) is 48.9 Å². The highest BCUT2D eigenvalue weighted by Gasteiger charge is 2.20. The van der Waals surface area contributed by atoms with E-state index in [9.17, 15) is 9.59 Å². The summed E-state index contributed by atoms with van der Waals surface area (Å²) in [5.41, 5.74) is 5.29. The fourth-order valence-electron chi connectivity index (χ4n) is 3.34. The Labute approximate surface area is 167 Å². The number of hydrogen-bond acceptors (Lipinski definition) is 4. The molecule has 1 aliphatic heterocycles. The molecule has 0 spiro atoms. The van der Waals surface area contributed by atoms with E-state index in [1.54, 1.807) is 6.20 Å². The van der Waals surface area contributed by atoms with Gasteiger partial charge in [0.1, 0.15) is 5.75 Å². The van der Waals surface area contributed by atoms with Crippen molar-refractivity contribution >= 4 is 11.9 Å². The fraction of sp³-hybridized carbons (Fsp3) is 0.227. The van der Waals surface area contributed by atoms with Gasteiger partial charge in [0.2, 0.25) is 0 Å². The summed E-state index contributed by atoms with van der Waals surface area (Å²) in [6.07, 6.45) is 3.12. The van der Waals surface area contributed by atoms with Gasteiger partial charge in [-0.15, -0.1) is 0 Å². The summed E-state index contributed by atoms with van der Waals surface area (Å²) in [4.78, 5) is 30.3. The SMILES string of the molecule is O=C(O)CCCOc1ccc(-c2cc(-c3cc4c([nH]3)CCNC4=O)ccn2)cc1. The van der Waals surface area contributed by atoms with Crippen molar-refractivity contribution in [2.24, 2.45) is 0 Å². The van der Waals surface area contributed by atoms with Crippen molar-refractivity contribution in [2.75, 3.05) is 13.2 Å². The van der Waals surface area contributed by atoms with Crippen LogP contribution in [0.1, 0.15) is 28.9 Å². The molecule has 7 nitrogen and oxygen atoms in total. The van der Waals surface area contributed by atoms with Crippen molar-refractivity contribution in [3.05, 3.63) is 59.9 Å². The molecule has 7 heteroatoms. The molecule has 29 heavy (non-hydrogen) atoms. The Morgan fingerprint density at radius 1 is 1.14 bits per heavy atom. The number of hydrogen-bond donors (Lipinski definition) is 3. The lowest BCUT2D eigenvalue weighted by atomic mass is 10.1. The summed E-state index contributed by atoms with van der Waals surface area (Å²) < 4.78 is 5.57. The van der Waals surface area contributed by atoms with Crippen LogP contribution in [0.15, 0.2) is 48.7 Å². The van der Waals surface area contributed by atoms with Crippen molar-refractivity contribution in [1.82, 2.24) is 15.3 Å². The zero-order valence-corrected chi connectivity index (χ0v) is 15.8. The van der Waals surface area contributed by atoms with Crippen LogP contribution in [-0.2, 0) is 11.2 Å². The highest BCUT2D eigenvalue weighted by molar-refractivity contribution is 5.97. The number of ether oxygens (including phenoxy) is 1. The van der Waals surface area contributed by atoms with E-state index in [-0.39, 0.29) is 12.3 Å². The van der Waals surface area contributed by atoms with Gasteiger partial charge in [-0.3, -0.25) is 14.6 Å². The van der Waals surface area contributed by atoms with E-state index in [4.69, 9.17) is 9.84 Å². The number of carboxylic acids is 1. The number of carbonyl (C=O) groups is 2. The first-order valence-electron chi connectivity index (χ1n) is 9.52. The lowest BCUT2D eigenvalue weighted by molar-refractivity contribution is -0.137. The van der Waals surface area contributed by atoms with Gasteiger partial charge in [-0.1, -0.05) is 0 Å². The third kappa shape index (κ3) is 4.29. The first-order valence-corrected chi connectivity index (χ1v) is 9.52. The van der Waals surface area contributed by atoms with Crippen LogP contribution in [0.5, 0.6) is 5.75 Å². The van der Waals surface area contributed by atoms with Gasteiger partial charge in [0.05, 0.1) is 17.9 Å². The molecular weight excluding hydrogens is 370 g/mol. The maximum absolute atomic E-state index is 12.0. The number of nitrogens with zero attached hydrogens (tertiary/aromatic N) is 1. The number of carboxylic acid groups (broad SMARTS) is 1. The molecule has 0 saturated carbocycles. The lowest BCUT2D eigenvalue weighted by Gasteiger charge is -2.11. The Balaban J connectivity index is 1.49. The van der Waals surface area contributed by atoms with Crippen LogP contribution in [0.3, 0.4) is 0 Å². The van der Waals surface area contributed by atoms with Crippen molar-refractivity contribution in [1.29, 1.82) is 0 Å². The number of aromatic amines is 1. The normalized spacial score (nSPS) is 12.9. The van der Waals surface area contributed by atoms with Crippen LogP contribution >= 0.6 is 0 Å². The van der Waals surface area contributed by atoms with Crippen molar-refractivity contribution < 1.29 is 19.4 Å². The topological polar surface area (TPSA) is 104 Å². The number of aromatic nitrogens is 2. The minimum atomic E-state index is -0.821. The van der Waals surface area contributed by atoms with E-state index < -0.39 is 5.97 Å². The maximum atomic E-state index is 12.0. The molecule has 1 amide bonds. The van der Waals surface area contributed by atoms with E-state index in [2.05, 4.69) is 15.3 Å². The molecule has 3 N–H and O–H groups in total. The molecule has 0 atom stereocenters. The number of aliphatic carboxylic acids is 1. The standard InChI is InChI=1S/C22H21N3O4/c26-21(27)2-1-11-29-16-5-3-14(4-6-16)19-12-15(7-9-23-19)20-13-17-18(25-20)8-10-24-22(17)28/h3-7,9,12-13,25H,1-2,8,10-11H2,(H,24,28)(H,26,27). The summed E-state index contributed by atoms with van der Waals surface area (Å²) in [5.74, 6) is -0.168. The lowest BCUT2D eigenvalue weighted by Crippen LogP contribution is -2.31. The number of rotatable bonds is 7. The van der Waals surface area contributed by atoms with Gasteiger partial charge < -0.3 is 20.1 Å². The van der Waals surface area contributed by atoms with Crippen LogP contribution in [0.4, 0.5) is 0 Å². The molecule has 0 unspecified atom stereocenters. The molecule has 3 heterocycles. The van der Waals surface area contributed by atoms with Crippen molar-refractivity contribution in [3.8, 4) is 28.3 Å². The Morgan fingerprint density at radius 3 is 2.72 bits per heavy atom. The van der Waals surface area contributed by atoms with E-state index in [0.29, 0.717) is 30.9 Å². The molecule has 0 saturated heterocycles. The average molecular weight is 391 g/mol. The predicted molar refractivity (Wildman–Crippen MR) is 108 cm³/mol. The molecule has 0 aliphatic carbocycles. The van der Waals surface area contributed by atoms with E-state index in [0.717, 1.165) is 34.6 Å². The van der Waals surface area contributed by atoms with Crippen molar-refractivity contribution in [2.45, 2.75) is 19.3 Å². The molecule has 148 valence electrons. The van der Waals surface area contributed by atoms with Crippen LogP contribution in [0.25, 0.3) is 22.5 Å². The van der Waals surface area contributed by atoms with Crippen molar-refractivity contribution in [3.63, 3.8) is 0 Å². The van der Waals surface area contributed by atoms with Crippen LogP contribution < -0.4 is 10.1 Å². The minimum Gasteiger partial charge on any atom is -0.494 e. The molecule has 0 fully saturated rings. The van der Waals surface area contributed by atoms with Crippen LogP contribution in [0.2, 0.25) is 0 Å². The number of nitrogens with one attached hydrogen (secondary N) is 2. The summed E-state index contributed by atoms with van der Waals surface area (Å²) in [5, 5.41) is 11.5. The van der Waals surface area contributed by atoms with E-state index in [1.807, 2.05) is 42.5 Å². The quantitative estimate of drug-likeness (QED) is 0.536. The second-order valence-corrected chi connectivity index (χ2v) is 6.88. The van der Waals surface area contributed by atoms with Gasteiger partial charge in [0.25, 0.3) is 5.91 Å². The van der Waals surface area contributed by atoms with E-state index in [1.165, 1.54) is 0 Å². The first-order chi connectivity index (χ1) is 14.1. The van der Waals surface area contributed by atoms with Gasteiger partial charge >= 0.3 is 5.97 Å². The van der Waals surface area contributed by atoms with Crippen LogP contribution in [0, 0.1) is 0 Å². The van der Waals surface area contributed by atoms with Crippen LogP contribution in [-0.4, -0.2) is 40.1 Å². The number of benzene rings is 1. The predicted octanol–water partition coefficient (Wildman–Crippen LogP) is 3.27. The monoisotopic (exact) mass is 391 g/mol. The third-order valence-corrected chi connectivity index (χ3v) is 4.83. The largest absolute Gasteiger partial charge is 0.494 e. The Hall–Kier alpha value is -3.61. The smallest absolute Gasteiger partial charge is 0.303 e. The molecule has 2 aromatic heterocycles. The van der Waals surface area contributed by atoms with Gasteiger partial charge in [-0.2, -0.15) is 0 Å². The highest BCUT2D eigenvalue weighted by atomic mass is 16.5. The third-order valence-electron chi connectivity index (χ3n) is 4.83. The number of H-pyrrole nitrogens is 1. The highest BCUT2D eigenvalue weighted by Crippen LogP contribution is 2.28. The zero-order chi connectivity index (χ0) is 20.2. The second kappa shape index (κ2) is 8.18. The molecule has 1 aromatic carbocycles. The second-order valence-electron chi connectivity index (χ2n) is 6.88. The molecule has 3 aromatic rings. The summed E-state index contributed by atoms with van der Waals surface area (Å²) >= 11 is 0. The number of carbonyl (C=O) groups excluding carboxylic acids is 1. The molecule has 4 rings (SSSR count). The summed E-state index contributed by atoms with van der Waals surface area (Å²) in [6.45, 7) is 1.02. The van der Waals surface area contributed by atoms with Gasteiger partial charge in [0.15, 0.2) is 0 Å². The summed E-state index contributed by atoms with van der Waals surface area (Å²) in [7, 11) is 0. The van der Waals surface area contributed by atoms with E-state index >= 15 is 0 Å². The molecule has 1 aliphatic rings. The number of pyridine rings is 1. The summed E-state index contributed by atoms with van der Waals surface area (Å²) in [6, 6.07) is 13.3. The Bertz CT molecular complexity index is 1040. The number of amides is 1. The number of fused-ring (bicyclic) bond motifs is 1.